The van der Waals surface area contributed by atoms with Crippen molar-refractivity contribution in [2.24, 2.45) is 0 Å². The molecule has 1 saturated heterocycles. The van der Waals surface area contributed by atoms with Crippen LogP contribution in [-0.4, -0.2) is 60.9 Å². The number of amides is 2. The molecule has 0 unspecified atom stereocenters. The molecule has 2 aromatic rings. The molecule has 29 heavy (non-hydrogen) atoms. The number of hydrogen-bond acceptors (Lipinski definition) is 4. The van der Waals surface area contributed by atoms with Gasteiger partial charge in [0, 0.05) is 38.4 Å². The minimum absolute atomic E-state index is 0.00134. The van der Waals surface area contributed by atoms with E-state index in [2.05, 4.69) is 15.5 Å². The fourth-order valence-corrected chi connectivity index (χ4v) is 3.24. The van der Waals surface area contributed by atoms with Crippen molar-refractivity contribution in [3.63, 3.8) is 0 Å². The third-order valence-corrected chi connectivity index (χ3v) is 4.99. The Morgan fingerprint density at radius 3 is 2.17 bits per heavy atom. The molecule has 2 aromatic carbocycles. The Morgan fingerprint density at radius 2 is 1.55 bits per heavy atom. The van der Waals surface area contributed by atoms with E-state index in [1.54, 1.807) is 19.1 Å². The molecule has 0 spiro atoms. The molecule has 2 amide bonds. The maximum atomic E-state index is 13.6. The highest BCUT2D eigenvalue weighted by molar-refractivity contribution is 5.92. The van der Waals surface area contributed by atoms with Crippen molar-refractivity contribution < 1.29 is 14.0 Å². The fraction of sp³-hybridized carbons (Fsp3) is 0.364. The molecule has 1 aliphatic rings. The van der Waals surface area contributed by atoms with Crippen molar-refractivity contribution in [1.29, 1.82) is 0 Å². The first-order valence-corrected chi connectivity index (χ1v) is 9.81. The SMILES string of the molecule is Cc1ccc(NC(=O)CN2CCN(CC(=O)NCc3ccccc3)CC2)cc1F. The number of anilines is 1. The van der Waals surface area contributed by atoms with Gasteiger partial charge in [0.2, 0.25) is 11.8 Å². The van der Waals surface area contributed by atoms with Crippen LogP contribution < -0.4 is 10.6 Å². The van der Waals surface area contributed by atoms with Crippen molar-refractivity contribution in [3.8, 4) is 0 Å². The fourth-order valence-electron chi connectivity index (χ4n) is 3.24. The number of nitrogens with zero attached hydrogens (tertiary/aromatic N) is 2. The molecule has 3 rings (SSSR count). The van der Waals surface area contributed by atoms with Crippen molar-refractivity contribution in [3.05, 3.63) is 65.5 Å². The Kier molecular flexibility index (Phi) is 7.32. The predicted molar refractivity (Wildman–Crippen MR) is 111 cm³/mol. The summed E-state index contributed by atoms with van der Waals surface area (Å²) in [5.41, 5.74) is 2.09. The molecular formula is C22H27FN4O2. The van der Waals surface area contributed by atoms with Crippen molar-refractivity contribution in [2.45, 2.75) is 13.5 Å². The summed E-state index contributed by atoms with van der Waals surface area (Å²) >= 11 is 0. The molecule has 154 valence electrons. The highest BCUT2D eigenvalue weighted by atomic mass is 19.1. The van der Waals surface area contributed by atoms with E-state index in [1.807, 2.05) is 35.2 Å². The maximum absolute atomic E-state index is 13.6. The molecule has 1 fully saturated rings. The summed E-state index contributed by atoms with van der Waals surface area (Å²) in [6.45, 7) is 5.69. The number of carbonyl (C=O) groups excluding carboxylic acids is 2. The van der Waals surface area contributed by atoms with Crippen LogP contribution in [0.5, 0.6) is 0 Å². The third-order valence-electron chi connectivity index (χ3n) is 4.99. The Hall–Kier alpha value is -2.77. The van der Waals surface area contributed by atoms with Crippen molar-refractivity contribution in [1.82, 2.24) is 15.1 Å². The first kappa shape index (κ1) is 21.0. The average molecular weight is 398 g/mol. The highest BCUT2D eigenvalue weighted by Gasteiger charge is 2.20. The molecule has 1 aliphatic heterocycles. The summed E-state index contributed by atoms with van der Waals surface area (Å²) in [5, 5.41) is 5.67. The zero-order valence-electron chi connectivity index (χ0n) is 16.7. The van der Waals surface area contributed by atoms with Gasteiger partial charge in [0.15, 0.2) is 0 Å². The molecule has 7 heteroatoms. The summed E-state index contributed by atoms with van der Waals surface area (Å²) in [4.78, 5) is 28.5. The molecule has 0 aromatic heterocycles. The van der Waals surface area contributed by atoms with Gasteiger partial charge in [-0.05, 0) is 30.2 Å². The summed E-state index contributed by atoms with van der Waals surface area (Å²) in [7, 11) is 0. The lowest BCUT2D eigenvalue weighted by Crippen LogP contribution is -2.50. The van der Waals surface area contributed by atoms with Crippen LogP contribution >= 0.6 is 0 Å². The standard InChI is InChI=1S/C22H27FN4O2/c1-17-7-8-19(13-20(17)23)25-22(29)16-27-11-9-26(10-12-27)15-21(28)24-14-18-5-3-2-4-6-18/h2-8,13H,9-12,14-16H2,1H3,(H,24,28)(H,25,29). The minimum Gasteiger partial charge on any atom is -0.351 e. The largest absolute Gasteiger partial charge is 0.351 e. The smallest absolute Gasteiger partial charge is 0.238 e. The zero-order valence-corrected chi connectivity index (χ0v) is 16.7. The number of benzene rings is 2. The predicted octanol–water partition coefficient (Wildman–Crippen LogP) is 2.01. The quantitative estimate of drug-likeness (QED) is 0.749. The van der Waals surface area contributed by atoms with E-state index in [9.17, 15) is 14.0 Å². The molecule has 1 heterocycles. The van der Waals surface area contributed by atoms with Gasteiger partial charge in [-0.3, -0.25) is 19.4 Å². The zero-order chi connectivity index (χ0) is 20.6. The molecule has 6 nitrogen and oxygen atoms in total. The summed E-state index contributed by atoms with van der Waals surface area (Å²) in [6.07, 6.45) is 0. The number of nitrogens with one attached hydrogen (secondary N) is 2. The lowest BCUT2D eigenvalue weighted by Gasteiger charge is -2.33. The van der Waals surface area contributed by atoms with Crippen molar-refractivity contribution in [2.75, 3.05) is 44.6 Å². The van der Waals surface area contributed by atoms with E-state index < -0.39 is 0 Å². The molecule has 2 N–H and O–H groups in total. The van der Waals surface area contributed by atoms with Crippen LogP contribution in [0.1, 0.15) is 11.1 Å². The maximum Gasteiger partial charge on any atom is 0.238 e. The Morgan fingerprint density at radius 1 is 0.931 bits per heavy atom. The second kappa shape index (κ2) is 10.1. The number of carbonyl (C=O) groups is 2. The molecule has 0 aliphatic carbocycles. The number of rotatable bonds is 7. The van der Waals surface area contributed by atoms with Crippen LogP contribution in [0.25, 0.3) is 0 Å². The van der Waals surface area contributed by atoms with Crippen LogP contribution in [0.3, 0.4) is 0 Å². The van der Waals surface area contributed by atoms with E-state index >= 15 is 0 Å². The van der Waals surface area contributed by atoms with Crippen LogP contribution in [-0.2, 0) is 16.1 Å². The molecule has 0 bridgehead atoms. The second-order valence-electron chi connectivity index (χ2n) is 7.33. The van der Waals surface area contributed by atoms with Gasteiger partial charge >= 0.3 is 0 Å². The topological polar surface area (TPSA) is 64.7 Å². The molecule has 0 saturated carbocycles. The van der Waals surface area contributed by atoms with Gasteiger partial charge in [-0.15, -0.1) is 0 Å². The van der Waals surface area contributed by atoms with E-state index in [1.165, 1.54) is 6.07 Å². The van der Waals surface area contributed by atoms with E-state index in [4.69, 9.17) is 0 Å². The monoisotopic (exact) mass is 398 g/mol. The van der Waals surface area contributed by atoms with Crippen LogP contribution in [0.4, 0.5) is 10.1 Å². The van der Waals surface area contributed by atoms with Crippen LogP contribution in [0.2, 0.25) is 0 Å². The first-order chi connectivity index (χ1) is 14.0. The summed E-state index contributed by atoms with van der Waals surface area (Å²) in [6, 6.07) is 14.5. The lowest BCUT2D eigenvalue weighted by atomic mass is 10.2. The Balaban J connectivity index is 1.35. The number of aryl methyl sites for hydroxylation is 1. The molecule has 0 radical (unpaired) electrons. The summed E-state index contributed by atoms with van der Waals surface area (Å²) < 4.78 is 13.6. The Labute approximate surface area is 170 Å². The van der Waals surface area contributed by atoms with E-state index in [0.29, 0.717) is 37.4 Å². The first-order valence-electron chi connectivity index (χ1n) is 9.81. The van der Waals surface area contributed by atoms with E-state index in [0.717, 1.165) is 18.7 Å². The number of halogens is 1. The van der Waals surface area contributed by atoms with Gasteiger partial charge in [-0.1, -0.05) is 36.4 Å². The van der Waals surface area contributed by atoms with Gasteiger partial charge in [0.1, 0.15) is 5.82 Å². The Bertz CT molecular complexity index is 836. The van der Waals surface area contributed by atoms with E-state index in [-0.39, 0.29) is 24.2 Å². The number of hydrogen-bond donors (Lipinski definition) is 2. The van der Waals surface area contributed by atoms with Gasteiger partial charge in [0.05, 0.1) is 13.1 Å². The van der Waals surface area contributed by atoms with Crippen LogP contribution in [0, 0.1) is 12.7 Å². The lowest BCUT2D eigenvalue weighted by molar-refractivity contribution is -0.123. The van der Waals surface area contributed by atoms with Gasteiger partial charge in [0.25, 0.3) is 0 Å². The summed E-state index contributed by atoms with van der Waals surface area (Å²) in [5.74, 6) is -0.495. The van der Waals surface area contributed by atoms with Gasteiger partial charge in [-0.2, -0.15) is 0 Å². The molecule has 0 atom stereocenters. The number of piperazine rings is 1. The van der Waals surface area contributed by atoms with Gasteiger partial charge < -0.3 is 10.6 Å². The van der Waals surface area contributed by atoms with Crippen molar-refractivity contribution >= 4 is 17.5 Å². The molecular weight excluding hydrogens is 371 g/mol. The van der Waals surface area contributed by atoms with Gasteiger partial charge in [-0.25, -0.2) is 4.39 Å². The third kappa shape index (κ3) is 6.66. The average Bonchev–Trinajstić information content (AvgIpc) is 2.71. The highest BCUT2D eigenvalue weighted by Crippen LogP contribution is 2.13. The second-order valence-corrected chi connectivity index (χ2v) is 7.33. The minimum atomic E-state index is -0.332. The normalized spacial score (nSPS) is 15.1. The van der Waals surface area contributed by atoms with Crippen LogP contribution in [0.15, 0.2) is 48.5 Å².